The molecule has 0 heterocycles. The maximum atomic E-state index is 3.82. The minimum absolute atomic E-state index is 1.09. The Morgan fingerprint density at radius 1 is 0.917 bits per heavy atom. The van der Waals surface area contributed by atoms with Crippen LogP contribution in [0.5, 0.6) is 0 Å². The molecule has 0 spiro atoms. The molecule has 0 nitrogen and oxygen atoms in total. The molecule has 0 aromatic rings. The smallest absolute Gasteiger partial charge is 0.0348 e. The molecule has 0 unspecified atom stereocenters. The summed E-state index contributed by atoms with van der Waals surface area (Å²) in [6.45, 7) is 5.94. The second-order valence-corrected chi connectivity index (χ2v) is 3.16. The van der Waals surface area contributed by atoms with Crippen LogP contribution in [0, 0.1) is 13.3 Å². The Balaban J connectivity index is 2.92. The molecule has 0 atom stereocenters. The molecule has 70 valence electrons. The highest BCUT2D eigenvalue weighted by Crippen LogP contribution is 2.03. The lowest BCUT2D eigenvalue weighted by Gasteiger charge is -1.93. The van der Waals surface area contributed by atoms with E-state index < -0.39 is 0 Å². The lowest BCUT2D eigenvalue weighted by atomic mass is 10.1. The quantitative estimate of drug-likeness (QED) is 0.372. The zero-order valence-corrected chi connectivity index (χ0v) is 8.39. The highest BCUT2D eigenvalue weighted by Gasteiger charge is 1.84. The van der Waals surface area contributed by atoms with E-state index >= 15 is 0 Å². The summed E-state index contributed by atoms with van der Waals surface area (Å²) >= 11 is 0. The number of hydrogen-bond donors (Lipinski definition) is 0. The summed E-state index contributed by atoms with van der Waals surface area (Å²) in [7, 11) is 0. The molecule has 0 fully saturated rings. The molecular formula is C12H22. The molecular weight excluding hydrogens is 144 g/mol. The van der Waals surface area contributed by atoms with E-state index in [1.807, 2.05) is 0 Å². The van der Waals surface area contributed by atoms with Crippen LogP contribution in [0.3, 0.4) is 0 Å². The fourth-order valence-electron chi connectivity index (χ4n) is 1.11. The Morgan fingerprint density at radius 2 is 1.67 bits per heavy atom. The lowest BCUT2D eigenvalue weighted by molar-refractivity contribution is 0.694. The molecule has 12 heavy (non-hydrogen) atoms. The summed E-state index contributed by atoms with van der Waals surface area (Å²) in [5.41, 5.74) is 0. The molecule has 0 aliphatic carbocycles. The maximum absolute atomic E-state index is 3.82. The van der Waals surface area contributed by atoms with E-state index in [2.05, 4.69) is 32.4 Å². The van der Waals surface area contributed by atoms with Gasteiger partial charge in [0.1, 0.15) is 0 Å². The van der Waals surface area contributed by atoms with Crippen LogP contribution in [-0.2, 0) is 0 Å². The third-order valence-electron chi connectivity index (χ3n) is 1.91. The van der Waals surface area contributed by atoms with Crippen molar-refractivity contribution in [2.75, 3.05) is 0 Å². The van der Waals surface area contributed by atoms with Gasteiger partial charge in [0.25, 0.3) is 0 Å². The van der Waals surface area contributed by atoms with Crippen LogP contribution in [-0.4, -0.2) is 0 Å². The van der Waals surface area contributed by atoms with Gasteiger partial charge in [0.2, 0.25) is 0 Å². The standard InChI is InChI=1S/C12H22/c1-3-5-7-9-11-12-10-8-6-4-2/h4,10,12H,1,3,5-9,11H2,2H3/b12-10+. The van der Waals surface area contributed by atoms with Crippen molar-refractivity contribution in [3.05, 3.63) is 25.5 Å². The zero-order chi connectivity index (χ0) is 9.07. The van der Waals surface area contributed by atoms with Gasteiger partial charge in [-0.2, -0.15) is 0 Å². The first-order chi connectivity index (χ1) is 5.91. The van der Waals surface area contributed by atoms with Crippen molar-refractivity contribution >= 4 is 0 Å². The topological polar surface area (TPSA) is 0 Å². The first-order valence-electron chi connectivity index (χ1n) is 5.14. The van der Waals surface area contributed by atoms with Gasteiger partial charge >= 0.3 is 0 Å². The molecule has 0 amide bonds. The largest absolute Gasteiger partial charge is 0.0885 e. The summed E-state index contributed by atoms with van der Waals surface area (Å²) < 4.78 is 0. The van der Waals surface area contributed by atoms with Crippen LogP contribution in [0.2, 0.25) is 0 Å². The Labute approximate surface area is 78.1 Å². The van der Waals surface area contributed by atoms with Gasteiger partial charge in [0.15, 0.2) is 0 Å². The van der Waals surface area contributed by atoms with E-state index in [-0.39, 0.29) is 0 Å². The van der Waals surface area contributed by atoms with Crippen LogP contribution < -0.4 is 0 Å². The Kier molecular flexibility index (Phi) is 10.5. The molecule has 0 N–H and O–H groups in total. The Morgan fingerprint density at radius 3 is 2.33 bits per heavy atom. The van der Waals surface area contributed by atoms with Gasteiger partial charge in [-0.25, -0.2) is 0 Å². The molecule has 0 aliphatic heterocycles. The number of rotatable bonds is 8. The predicted molar refractivity (Wildman–Crippen MR) is 56.8 cm³/mol. The fourth-order valence-corrected chi connectivity index (χ4v) is 1.11. The van der Waals surface area contributed by atoms with Crippen molar-refractivity contribution in [1.82, 2.24) is 0 Å². The van der Waals surface area contributed by atoms with Crippen LogP contribution in [0.25, 0.3) is 0 Å². The van der Waals surface area contributed by atoms with Crippen molar-refractivity contribution in [2.24, 2.45) is 0 Å². The van der Waals surface area contributed by atoms with Gasteiger partial charge in [-0.1, -0.05) is 45.3 Å². The molecule has 0 saturated heterocycles. The van der Waals surface area contributed by atoms with Crippen molar-refractivity contribution in [3.63, 3.8) is 0 Å². The average Bonchev–Trinajstić information content (AvgIpc) is 2.10. The zero-order valence-electron chi connectivity index (χ0n) is 8.39. The second-order valence-electron chi connectivity index (χ2n) is 3.16. The van der Waals surface area contributed by atoms with Crippen molar-refractivity contribution in [3.8, 4) is 0 Å². The van der Waals surface area contributed by atoms with Crippen LogP contribution >= 0.6 is 0 Å². The summed E-state index contributed by atoms with van der Waals surface area (Å²) in [4.78, 5) is 0. The van der Waals surface area contributed by atoms with Crippen molar-refractivity contribution in [2.45, 2.75) is 51.9 Å². The third-order valence-corrected chi connectivity index (χ3v) is 1.91. The predicted octanol–water partition coefficient (Wildman–Crippen LogP) is 4.33. The molecule has 0 saturated carbocycles. The van der Waals surface area contributed by atoms with Crippen LogP contribution in [0.15, 0.2) is 12.2 Å². The van der Waals surface area contributed by atoms with E-state index in [0.717, 1.165) is 6.42 Å². The monoisotopic (exact) mass is 166 g/mol. The SMILES string of the molecule is [CH2]CCCCC/C=C/CC[CH]C. The minimum Gasteiger partial charge on any atom is -0.0885 e. The first-order valence-corrected chi connectivity index (χ1v) is 5.14. The number of unbranched alkanes of at least 4 members (excludes halogenated alkanes) is 6. The summed E-state index contributed by atoms with van der Waals surface area (Å²) in [6, 6.07) is 0. The Bertz CT molecular complexity index is 92.2. The molecule has 0 aromatic carbocycles. The van der Waals surface area contributed by atoms with Gasteiger partial charge in [0.05, 0.1) is 0 Å². The summed E-state index contributed by atoms with van der Waals surface area (Å²) in [5, 5.41) is 0. The van der Waals surface area contributed by atoms with Crippen LogP contribution in [0.4, 0.5) is 0 Å². The first kappa shape index (κ1) is 11.7. The van der Waals surface area contributed by atoms with E-state index in [4.69, 9.17) is 0 Å². The highest BCUT2D eigenvalue weighted by atomic mass is 13.9. The fraction of sp³-hybridized carbons (Fsp3) is 0.667. The molecule has 2 radical (unpaired) electrons. The highest BCUT2D eigenvalue weighted by molar-refractivity contribution is 4.82. The molecule has 0 bridgehead atoms. The molecule has 0 aliphatic rings. The third kappa shape index (κ3) is 9.74. The summed E-state index contributed by atoms with van der Waals surface area (Å²) in [6.07, 6.45) is 15.6. The van der Waals surface area contributed by atoms with Crippen LogP contribution in [0.1, 0.15) is 51.9 Å². The second kappa shape index (κ2) is 10.7. The van der Waals surface area contributed by atoms with Crippen molar-refractivity contribution < 1.29 is 0 Å². The molecule has 0 rings (SSSR count). The van der Waals surface area contributed by atoms with E-state index in [9.17, 15) is 0 Å². The van der Waals surface area contributed by atoms with E-state index in [0.29, 0.717) is 0 Å². The minimum atomic E-state index is 1.09. The maximum Gasteiger partial charge on any atom is -0.0348 e. The van der Waals surface area contributed by atoms with Gasteiger partial charge in [-0.15, -0.1) is 0 Å². The van der Waals surface area contributed by atoms with Gasteiger partial charge in [-0.3, -0.25) is 0 Å². The average molecular weight is 166 g/mol. The number of allylic oxidation sites excluding steroid dienone is 2. The van der Waals surface area contributed by atoms with E-state index in [1.165, 1.54) is 38.5 Å². The van der Waals surface area contributed by atoms with Gasteiger partial charge in [0, 0.05) is 0 Å². The molecule has 0 heteroatoms. The van der Waals surface area contributed by atoms with Gasteiger partial charge < -0.3 is 0 Å². The lowest BCUT2D eigenvalue weighted by Crippen LogP contribution is -1.74. The normalized spacial score (nSPS) is 11.2. The van der Waals surface area contributed by atoms with E-state index in [1.54, 1.807) is 0 Å². The van der Waals surface area contributed by atoms with Gasteiger partial charge in [-0.05, 0) is 32.1 Å². The summed E-state index contributed by atoms with van der Waals surface area (Å²) in [5.74, 6) is 0. The molecule has 0 aromatic heterocycles. The van der Waals surface area contributed by atoms with Crippen molar-refractivity contribution in [1.29, 1.82) is 0 Å². The number of hydrogen-bond acceptors (Lipinski definition) is 0. The Hall–Kier alpha value is -0.260.